The van der Waals surface area contributed by atoms with Crippen molar-refractivity contribution in [3.63, 3.8) is 0 Å². The number of benzene rings is 1. The zero-order chi connectivity index (χ0) is 15.1. The third-order valence-corrected chi connectivity index (χ3v) is 6.59. The van der Waals surface area contributed by atoms with Gasteiger partial charge in [-0.25, -0.2) is 16.8 Å². The van der Waals surface area contributed by atoms with Gasteiger partial charge < -0.3 is 5.73 Å². The zero-order valence-electron chi connectivity index (χ0n) is 10.8. The second kappa shape index (κ2) is 5.27. The van der Waals surface area contributed by atoms with Crippen LogP contribution in [0, 0.1) is 0 Å². The van der Waals surface area contributed by atoms with E-state index in [0.717, 1.165) is 12.3 Å². The van der Waals surface area contributed by atoms with Crippen LogP contribution in [-0.2, 0) is 19.9 Å². The molecule has 1 fully saturated rings. The number of halogens is 1. The van der Waals surface area contributed by atoms with Crippen molar-refractivity contribution < 1.29 is 16.8 Å². The Balaban J connectivity index is 2.52. The van der Waals surface area contributed by atoms with Crippen LogP contribution in [0.1, 0.15) is 6.42 Å². The predicted molar refractivity (Wildman–Crippen MR) is 75.9 cm³/mol. The van der Waals surface area contributed by atoms with Crippen molar-refractivity contribution in [2.24, 2.45) is 5.73 Å². The third kappa shape index (κ3) is 2.99. The van der Waals surface area contributed by atoms with Crippen LogP contribution in [0.5, 0.6) is 0 Å². The molecule has 0 saturated carbocycles. The molecule has 1 aromatic carbocycles. The molecule has 2 rings (SSSR count). The summed E-state index contributed by atoms with van der Waals surface area (Å²) < 4.78 is 49.2. The second-order valence-corrected chi connectivity index (χ2v) is 9.11. The van der Waals surface area contributed by atoms with Crippen molar-refractivity contribution in [1.29, 1.82) is 0 Å². The van der Waals surface area contributed by atoms with E-state index in [0.29, 0.717) is 13.0 Å². The number of sulfone groups is 1. The summed E-state index contributed by atoms with van der Waals surface area (Å²) in [5.41, 5.74) is 5.70. The molecule has 20 heavy (non-hydrogen) atoms. The molecule has 0 amide bonds. The highest BCUT2D eigenvalue weighted by atomic mass is 35.5. The lowest BCUT2D eigenvalue weighted by Crippen LogP contribution is -2.32. The zero-order valence-corrected chi connectivity index (χ0v) is 13.2. The SMILES string of the molecule is CS(=O)(=O)c1ccc(Cl)c(S(=O)(=O)N2CCC(N)C2)c1. The van der Waals surface area contributed by atoms with E-state index < -0.39 is 19.9 Å². The molecule has 2 N–H and O–H groups in total. The van der Waals surface area contributed by atoms with Gasteiger partial charge in [-0.2, -0.15) is 4.31 Å². The lowest BCUT2D eigenvalue weighted by atomic mass is 10.3. The second-order valence-electron chi connectivity index (χ2n) is 4.78. The van der Waals surface area contributed by atoms with Gasteiger partial charge in [0.1, 0.15) is 4.90 Å². The number of hydrogen-bond acceptors (Lipinski definition) is 5. The van der Waals surface area contributed by atoms with E-state index in [1.165, 1.54) is 16.4 Å². The topological polar surface area (TPSA) is 97.5 Å². The smallest absolute Gasteiger partial charge is 0.244 e. The molecule has 1 aliphatic rings. The highest BCUT2D eigenvalue weighted by Gasteiger charge is 2.32. The van der Waals surface area contributed by atoms with Gasteiger partial charge in [-0.15, -0.1) is 0 Å². The maximum atomic E-state index is 12.5. The number of sulfonamides is 1. The third-order valence-electron chi connectivity index (χ3n) is 3.14. The van der Waals surface area contributed by atoms with Gasteiger partial charge in [0.25, 0.3) is 0 Å². The van der Waals surface area contributed by atoms with Crippen LogP contribution in [0.25, 0.3) is 0 Å². The number of hydrogen-bond donors (Lipinski definition) is 1. The number of nitrogens with two attached hydrogens (primary N) is 1. The first-order valence-corrected chi connectivity index (χ1v) is 9.58. The molecular formula is C11H15ClN2O4S2. The van der Waals surface area contributed by atoms with E-state index in [1.807, 2.05) is 0 Å². The lowest BCUT2D eigenvalue weighted by Gasteiger charge is -2.17. The first-order valence-electron chi connectivity index (χ1n) is 5.88. The molecule has 0 spiro atoms. The van der Waals surface area contributed by atoms with Gasteiger partial charge in [0.05, 0.1) is 9.92 Å². The summed E-state index contributed by atoms with van der Waals surface area (Å²) >= 11 is 5.91. The van der Waals surface area contributed by atoms with Crippen molar-refractivity contribution in [3.05, 3.63) is 23.2 Å². The van der Waals surface area contributed by atoms with Gasteiger partial charge in [-0.1, -0.05) is 11.6 Å². The molecular weight excluding hydrogens is 324 g/mol. The number of nitrogens with zero attached hydrogens (tertiary/aromatic N) is 1. The summed E-state index contributed by atoms with van der Waals surface area (Å²) in [4.78, 5) is -0.278. The highest BCUT2D eigenvalue weighted by molar-refractivity contribution is 7.91. The minimum absolute atomic E-state index is 0.00197. The molecule has 0 bridgehead atoms. The molecule has 1 aliphatic heterocycles. The molecule has 1 aromatic rings. The van der Waals surface area contributed by atoms with Crippen molar-refractivity contribution in [1.82, 2.24) is 4.31 Å². The largest absolute Gasteiger partial charge is 0.326 e. The van der Waals surface area contributed by atoms with Crippen LogP contribution in [0.15, 0.2) is 28.0 Å². The van der Waals surface area contributed by atoms with Crippen molar-refractivity contribution in [2.75, 3.05) is 19.3 Å². The van der Waals surface area contributed by atoms with Crippen LogP contribution >= 0.6 is 11.6 Å². The summed E-state index contributed by atoms with van der Waals surface area (Å²) in [6.07, 6.45) is 1.58. The molecule has 1 unspecified atom stereocenters. The average Bonchev–Trinajstić information content (AvgIpc) is 2.75. The number of rotatable bonds is 3. The van der Waals surface area contributed by atoms with E-state index >= 15 is 0 Å². The minimum atomic E-state index is -3.83. The predicted octanol–water partition coefficient (Wildman–Crippen LogP) is 0.465. The summed E-state index contributed by atoms with van der Waals surface area (Å²) in [6.45, 7) is 0.519. The fourth-order valence-corrected chi connectivity index (χ4v) is 4.76. The van der Waals surface area contributed by atoms with Gasteiger partial charge in [-0.3, -0.25) is 0 Å². The molecule has 1 saturated heterocycles. The van der Waals surface area contributed by atoms with Crippen LogP contribution in [0.3, 0.4) is 0 Å². The molecule has 112 valence electrons. The molecule has 0 radical (unpaired) electrons. The van der Waals surface area contributed by atoms with Crippen molar-refractivity contribution in [3.8, 4) is 0 Å². The maximum Gasteiger partial charge on any atom is 0.244 e. The quantitative estimate of drug-likeness (QED) is 0.863. The first-order chi connectivity index (χ1) is 9.12. The van der Waals surface area contributed by atoms with E-state index in [9.17, 15) is 16.8 Å². The van der Waals surface area contributed by atoms with E-state index in [1.54, 1.807) is 0 Å². The van der Waals surface area contributed by atoms with E-state index in [2.05, 4.69) is 0 Å². The maximum absolute atomic E-state index is 12.5. The summed E-state index contributed by atoms with van der Waals surface area (Å²) in [5.74, 6) is 0. The molecule has 0 aromatic heterocycles. The van der Waals surface area contributed by atoms with Crippen LogP contribution < -0.4 is 5.73 Å². The van der Waals surface area contributed by atoms with Crippen LogP contribution in [-0.4, -0.2) is 46.5 Å². The van der Waals surface area contributed by atoms with E-state index in [-0.39, 0.29) is 27.4 Å². The minimum Gasteiger partial charge on any atom is -0.326 e. The Kier molecular flexibility index (Phi) is 4.14. The lowest BCUT2D eigenvalue weighted by molar-refractivity contribution is 0.472. The fourth-order valence-electron chi connectivity index (χ4n) is 2.02. The monoisotopic (exact) mass is 338 g/mol. The fraction of sp³-hybridized carbons (Fsp3) is 0.455. The summed E-state index contributed by atoms with van der Waals surface area (Å²) in [5, 5.41) is -0.00197. The first kappa shape index (κ1) is 15.7. The van der Waals surface area contributed by atoms with Gasteiger partial charge >= 0.3 is 0 Å². The summed E-state index contributed by atoms with van der Waals surface area (Å²) in [6, 6.07) is 3.45. The van der Waals surface area contributed by atoms with Crippen molar-refractivity contribution in [2.45, 2.75) is 22.3 Å². The van der Waals surface area contributed by atoms with Gasteiger partial charge in [0, 0.05) is 25.4 Å². The standard InChI is InChI=1S/C11H15ClN2O4S2/c1-19(15,16)9-2-3-10(12)11(6-9)20(17,18)14-5-4-8(13)7-14/h2-3,6,8H,4-5,7,13H2,1H3. The normalized spacial score (nSPS) is 21.2. The molecule has 9 heteroatoms. The molecule has 0 aliphatic carbocycles. The Hall–Kier alpha value is -0.670. The Morgan fingerprint density at radius 2 is 1.95 bits per heavy atom. The Morgan fingerprint density at radius 1 is 1.30 bits per heavy atom. The Bertz CT molecular complexity index is 731. The van der Waals surface area contributed by atoms with Crippen molar-refractivity contribution >= 4 is 31.5 Å². The van der Waals surface area contributed by atoms with Gasteiger partial charge in [-0.05, 0) is 24.6 Å². The van der Waals surface area contributed by atoms with Crippen LogP contribution in [0.2, 0.25) is 5.02 Å². The average molecular weight is 339 g/mol. The molecule has 6 nitrogen and oxygen atoms in total. The molecule has 1 heterocycles. The Labute approximate surface area is 123 Å². The molecule has 1 atom stereocenters. The summed E-state index contributed by atoms with van der Waals surface area (Å²) in [7, 11) is -7.33. The van der Waals surface area contributed by atoms with Gasteiger partial charge in [0.2, 0.25) is 10.0 Å². The van der Waals surface area contributed by atoms with Crippen LogP contribution in [0.4, 0.5) is 0 Å². The highest BCUT2D eigenvalue weighted by Crippen LogP contribution is 2.29. The van der Waals surface area contributed by atoms with E-state index in [4.69, 9.17) is 17.3 Å². The van der Waals surface area contributed by atoms with Gasteiger partial charge in [0.15, 0.2) is 9.84 Å². The Morgan fingerprint density at radius 3 is 2.45 bits per heavy atom.